The molecule has 0 heterocycles. The molecule has 1 aromatic rings. The monoisotopic (exact) mass is 220 g/mol. The van der Waals surface area contributed by atoms with Crippen LogP contribution in [0.5, 0.6) is 0 Å². The quantitative estimate of drug-likeness (QED) is 0.661. The van der Waals surface area contributed by atoms with E-state index in [0.717, 1.165) is 17.5 Å². The number of aliphatic hydroxyl groups is 1. The molecule has 0 unspecified atom stereocenters. The normalized spacial score (nSPS) is 35.0. The van der Waals surface area contributed by atoms with E-state index in [1.54, 1.807) is 0 Å². The van der Waals surface area contributed by atoms with E-state index in [4.69, 9.17) is 11.5 Å². The van der Waals surface area contributed by atoms with Crippen LogP contribution >= 0.6 is 0 Å². The van der Waals surface area contributed by atoms with Gasteiger partial charge in [0.2, 0.25) is 0 Å². The van der Waals surface area contributed by atoms with Crippen LogP contribution in [0.3, 0.4) is 0 Å². The molecule has 3 heteroatoms. The summed E-state index contributed by atoms with van der Waals surface area (Å²) in [6.45, 7) is 2.03. The highest BCUT2D eigenvalue weighted by Crippen LogP contribution is 2.36. The van der Waals surface area contributed by atoms with E-state index in [9.17, 15) is 5.11 Å². The van der Waals surface area contributed by atoms with Gasteiger partial charge in [-0.15, -0.1) is 0 Å². The number of hydrogen-bond donors (Lipinski definition) is 3. The summed E-state index contributed by atoms with van der Waals surface area (Å²) in [5.74, 6) is 0. The van der Waals surface area contributed by atoms with Gasteiger partial charge in [-0.25, -0.2) is 0 Å². The fourth-order valence-electron chi connectivity index (χ4n) is 2.46. The van der Waals surface area contributed by atoms with E-state index in [1.807, 2.05) is 31.2 Å². The zero-order valence-electron chi connectivity index (χ0n) is 9.69. The predicted octanol–water partition coefficient (Wildman–Crippen LogP) is 1.02. The molecule has 0 radical (unpaired) electrons. The van der Waals surface area contributed by atoms with Crippen molar-refractivity contribution in [3.8, 4) is 0 Å². The van der Waals surface area contributed by atoms with E-state index in [1.165, 1.54) is 0 Å². The first-order chi connectivity index (χ1) is 7.51. The standard InChI is InChI=1S/C13H20N2O/c1-9-3-2-4-10(7-9)13(16)6-5-11(14)12(15)8-13/h2-4,7,11-12,16H,5-6,8,14-15H2,1H3/t11-,12-,13+/m0/s1. The SMILES string of the molecule is Cc1cccc([C@@]2(O)CC[C@H](N)[C@@H](N)C2)c1. The molecule has 2 rings (SSSR count). The molecule has 3 nitrogen and oxygen atoms in total. The molecule has 0 saturated heterocycles. The molecule has 3 atom stereocenters. The Kier molecular flexibility index (Phi) is 3.02. The Labute approximate surface area is 96.5 Å². The Morgan fingerprint density at radius 2 is 2.06 bits per heavy atom. The molecule has 0 aliphatic heterocycles. The van der Waals surface area contributed by atoms with Gasteiger partial charge in [0.15, 0.2) is 0 Å². The van der Waals surface area contributed by atoms with Crippen molar-refractivity contribution >= 4 is 0 Å². The molecule has 0 amide bonds. The van der Waals surface area contributed by atoms with Gasteiger partial charge in [-0.2, -0.15) is 0 Å². The Bertz CT molecular complexity index is 380. The molecule has 1 saturated carbocycles. The van der Waals surface area contributed by atoms with E-state index < -0.39 is 5.60 Å². The molecule has 16 heavy (non-hydrogen) atoms. The molecular formula is C13H20N2O. The predicted molar refractivity (Wildman–Crippen MR) is 64.9 cm³/mol. The minimum atomic E-state index is -0.790. The average molecular weight is 220 g/mol. The maximum atomic E-state index is 10.6. The summed E-state index contributed by atoms with van der Waals surface area (Å²) in [6.07, 6.45) is 2.04. The van der Waals surface area contributed by atoms with E-state index in [-0.39, 0.29) is 12.1 Å². The second-order valence-electron chi connectivity index (χ2n) is 4.97. The van der Waals surface area contributed by atoms with Crippen molar-refractivity contribution < 1.29 is 5.11 Å². The number of aryl methyl sites for hydroxylation is 1. The Morgan fingerprint density at radius 3 is 2.69 bits per heavy atom. The summed E-state index contributed by atoms with van der Waals surface area (Å²) in [5.41, 5.74) is 13.2. The van der Waals surface area contributed by atoms with Crippen LogP contribution in [0.4, 0.5) is 0 Å². The van der Waals surface area contributed by atoms with Gasteiger partial charge in [-0.1, -0.05) is 29.8 Å². The van der Waals surface area contributed by atoms with Crippen molar-refractivity contribution in [1.29, 1.82) is 0 Å². The highest BCUT2D eigenvalue weighted by atomic mass is 16.3. The number of hydrogen-bond acceptors (Lipinski definition) is 3. The van der Waals surface area contributed by atoms with Gasteiger partial charge in [0.1, 0.15) is 0 Å². The summed E-state index contributed by atoms with van der Waals surface area (Å²) in [7, 11) is 0. The van der Waals surface area contributed by atoms with Crippen molar-refractivity contribution in [2.75, 3.05) is 0 Å². The third-order valence-corrected chi connectivity index (χ3v) is 3.57. The van der Waals surface area contributed by atoms with Crippen LogP contribution < -0.4 is 11.5 Å². The second kappa shape index (κ2) is 4.17. The minimum absolute atomic E-state index is 0.0186. The summed E-state index contributed by atoms with van der Waals surface area (Å²) < 4.78 is 0. The molecule has 1 aliphatic rings. The van der Waals surface area contributed by atoms with Crippen LogP contribution in [-0.4, -0.2) is 17.2 Å². The number of nitrogens with two attached hydrogens (primary N) is 2. The van der Waals surface area contributed by atoms with Crippen LogP contribution in [0.25, 0.3) is 0 Å². The van der Waals surface area contributed by atoms with Crippen molar-refractivity contribution in [1.82, 2.24) is 0 Å². The maximum absolute atomic E-state index is 10.6. The van der Waals surface area contributed by atoms with Crippen molar-refractivity contribution in [3.05, 3.63) is 35.4 Å². The summed E-state index contributed by atoms with van der Waals surface area (Å²) in [6, 6.07) is 7.91. The molecule has 5 N–H and O–H groups in total. The summed E-state index contributed by atoms with van der Waals surface area (Å²) in [5, 5.41) is 10.6. The zero-order valence-corrected chi connectivity index (χ0v) is 9.69. The van der Waals surface area contributed by atoms with Gasteiger partial charge in [0.25, 0.3) is 0 Å². The lowest BCUT2D eigenvalue weighted by Crippen LogP contribution is -2.51. The smallest absolute Gasteiger partial charge is 0.0912 e. The molecule has 88 valence electrons. The third kappa shape index (κ3) is 2.12. The Hall–Kier alpha value is -0.900. The van der Waals surface area contributed by atoms with Gasteiger partial charge < -0.3 is 16.6 Å². The maximum Gasteiger partial charge on any atom is 0.0912 e. The lowest BCUT2D eigenvalue weighted by atomic mass is 9.75. The van der Waals surface area contributed by atoms with Crippen molar-refractivity contribution in [3.63, 3.8) is 0 Å². The average Bonchev–Trinajstić information content (AvgIpc) is 2.24. The molecule has 0 aromatic heterocycles. The fourth-order valence-corrected chi connectivity index (χ4v) is 2.46. The van der Waals surface area contributed by atoms with Crippen molar-refractivity contribution in [2.45, 2.75) is 43.9 Å². The van der Waals surface area contributed by atoms with Gasteiger partial charge in [-0.05, 0) is 31.7 Å². The van der Waals surface area contributed by atoms with Crippen LogP contribution in [-0.2, 0) is 5.60 Å². The zero-order chi connectivity index (χ0) is 11.8. The molecule has 1 aromatic carbocycles. The molecule has 1 fully saturated rings. The van der Waals surface area contributed by atoms with Crippen LogP contribution in [0.1, 0.15) is 30.4 Å². The van der Waals surface area contributed by atoms with E-state index in [0.29, 0.717) is 12.8 Å². The second-order valence-corrected chi connectivity index (χ2v) is 4.97. The number of rotatable bonds is 1. The van der Waals surface area contributed by atoms with Gasteiger partial charge in [-0.3, -0.25) is 0 Å². The highest BCUT2D eigenvalue weighted by Gasteiger charge is 2.37. The largest absolute Gasteiger partial charge is 0.385 e. The molecule has 1 aliphatic carbocycles. The third-order valence-electron chi connectivity index (χ3n) is 3.57. The van der Waals surface area contributed by atoms with E-state index in [2.05, 4.69) is 0 Å². The molecule has 0 spiro atoms. The summed E-state index contributed by atoms with van der Waals surface area (Å²) in [4.78, 5) is 0. The fraction of sp³-hybridized carbons (Fsp3) is 0.538. The van der Waals surface area contributed by atoms with Crippen LogP contribution in [0, 0.1) is 6.92 Å². The Balaban J connectivity index is 2.26. The van der Waals surface area contributed by atoms with Gasteiger partial charge >= 0.3 is 0 Å². The van der Waals surface area contributed by atoms with Gasteiger partial charge in [0, 0.05) is 12.1 Å². The first kappa shape index (κ1) is 11.6. The van der Waals surface area contributed by atoms with Crippen LogP contribution in [0.15, 0.2) is 24.3 Å². The lowest BCUT2D eigenvalue weighted by Gasteiger charge is -2.39. The molecule has 0 bridgehead atoms. The summed E-state index contributed by atoms with van der Waals surface area (Å²) >= 11 is 0. The minimum Gasteiger partial charge on any atom is -0.385 e. The lowest BCUT2D eigenvalue weighted by molar-refractivity contribution is -0.0121. The van der Waals surface area contributed by atoms with Gasteiger partial charge in [0.05, 0.1) is 5.60 Å². The first-order valence-corrected chi connectivity index (χ1v) is 5.82. The highest BCUT2D eigenvalue weighted by molar-refractivity contribution is 5.28. The first-order valence-electron chi connectivity index (χ1n) is 5.82. The number of benzene rings is 1. The van der Waals surface area contributed by atoms with E-state index >= 15 is 0 Å². The molecular weight excluding hydrogens is 200 g/mol. The topological polar surface area (TPSA) is 72.3 Å². The van der Waals surface area contributed by atoms with Crippen molar-refractivity contribution in [2.24, 2.45) is 11.5 Å². The van der Waals surface area contributed by atoms with Crippen LogP contribution in [0.2, 0.25) is 0 Å². The Morgan fingerprint density at radius 1 is 1.31 bits per heavy atom.